The summed E-state index contributed by atoms with van der Waals surface area (Å²) in [5.74, 6) is 0.652. The molecule has 0 saturated carbocycles. The average molecular weight is 475 g/mol. The van der Waals surface area contributed by atoms with Gasteiger partial charge in [0.1, 0.15) is 11.0 Å². The fourth-order valence-corrected chi connectivity index (χ4v) is 3.47. The molecule has 0 N–H and O–H groups in total. The van der Waals surface area contributed by atoms with Crippen molar-refractivity contribution in [3.05, 3.63) is 86.4 Å². The molecule has 0 atom stereocenters. The highest BCUT2D eigenvalue weighted by Gasteiger charge is 2.22. The molecular formula is C19H12ClIN4O. The molecule has 1 aromatic carbocycles. The van der Waals surface area contributed by atoms with E-state index in [4.69, 9.17) is 11.6 Å². The maximum atomic E-state index is 12.6. The molecule has 7 heteroatoms. The summed E-state index contributed by atoms with van der Waals surface area (Å²) >= 11 is 8.30. The zero-order chi connectivity index (χ0) is 18.1. The number of hydrogen-bond acceptors (Lipinski definition) is 3. The molecular weight excluding hydrogens is 463 g/mol. The van der Waals surface area contributed by atoms with Gasteiger partial charge in [0.25, 0.3) is 5.91 Å². The van der Waals surface area contributed by atoms with Crippen LogP contribution >= 0.6 is 34.2 Å². The molecule has 0 saturated heterocycles. The van der Waals surface area contributed by atoms with E-state index in [0.29, 0.717) is 12.4 Å². The van der Waals surface area contributed by atoms with Crippen LogP contribution in [0.3, 0.4) is 0 Å². The molecule has 0 fully saturated rings. The molecule has 2 aliphatic rings. The van der Waals surface area contributed by atoms with Crippen LogP contribution in [-0.4, -0.2) is 27.5 Å². The Morgan fingerprint density at radius 3 is 2.88 bits per heavy atom. The van der Waals surface area contributed by atoms with Crippen LogP contribution in [0.4, 0.5) is 0 Å². The molecule has 0 bridgehead atoms. The molecule has 5 nitrogen and oxygen atoms in total. The van der Waals surface area contributed by atoms with Crippen molar-refractivity contribution in [3.8, 4) is 0 Å². The van der Waals surface area contributed by atoms with Crippen molar-refractivity contribution in [1.29, 1.82) is 0 Å². The van der Waals surface area contributed by atoms with Crippen LogP contribution in [0, 0.1) is 0 Å². The predicted molar refractivity (Wildman–Crippen MR) is 111 cm³/mol. The van der Waals surface area contributed by atoms with Gasteiger partial charge < -0.3 is 4.90 Å². The van der Waals surface area contributed by atoms with Gasteiger partial charge in [0, 0.05) is 28.1 Å². The number of pyridine rings is 1. The minimum atomic E-state index is -0.462. The molecule has 0 aliphatic carbocycles. The van der Waals surface area contributed by atoms with Gasteiger partial charge in [0.15, 0.2) is 5.84 Å². The lowest BCUT2D eigenvalue weighted by Crippen LogP contribution is -2.24. The third-order valence-corrected chi connectivity index (χ3v) is 4.92. The Labute approximate surface area is 169 Å². The minimum Gasteiger partial charge on any atom is -0.327 e. The van der Waals surface area contributed by atoms with Gasteiger partial charge in [-0.05, 0) is 52.4 Å². The fourth-order valence-electron chi connectivity index (χ4n) is 2.75. The van der Waals surface area contributed by atoms with Crippen molar-refractivity contribution in [2.24, 2.45) is 9.98 Å². The van der Waals surface area contributed by atoms with Gasteiger partial charge in [0.05, 0.1) is 5.56 Å². The van der Waals surface area contributed by atoms with Crippen LogP contribution in [0.15, 0.2) is 74.5 Å². The molecule has 1 amide bonds. The summed E-state index contributed by atoms with van der Waals surface area (Å²) < 4.78 is 1.11. The van der Waals surface area contributed by atoms with E-state index in [2.05, 4.69) is 37.6 Å². The third kappa shape index (κ3) is 3.34. The molecule has 1 aromatic heterocycles. The van der Waals surface area contributed by atoms with E-state index in [-0.39, 0.29) is 10.7 Å². The van der Waals surface area contributed by atoms with E-state index in [0.717, 1.165) is 20.5 Å². The maximum absolute atomic E-state index is 12.6. The molecule has 26 heavy (non-hydrogen) atoms. The Balaban J connectivity index is 1.83. The number of benzene rings is 1. The summed E-state index contributed by atoms with van der Waals surface area (Å²) in [6, 6.07) is 11.1. The second-order valence-electron chi connectivity index (χ2n) is 5.68. The first-order chi connectivity index (χ1) is 12.6. The molecule has 0 spiro atoms. The SMILES string of the molecule is O=C(N=C1N=C2C=CC(I)=CN2Cc2ccccc21)c1cccnc1Cl. The number of allylic oxidation sites excluding steroid dienone is 2. The van der Waals surface area contributed by atoms with Gasteiger partial charge in [-0.25, -0.2) is 9.98 Å². The van der Waals surface area contributed by atoms with Crippen LogP contribution < -0.4 is 0 Å². The van der Waals surface area contributed by atoms with E-state index in [1.165, 1.54) is 6.20 Å². The van der Waals surface area contributed by atoms with Crippen molar-refractivity contribution in [2.75, 3.05) is 0 Å². The smallest absolute Gasteiger partial charge is 0.282 e. The van der Waals surface area contributed by atoms with E-state index in [1.807, 2.05) is 47.5 Å². The first-order valence-electron chi connectivity index (χ1n) is 7.84. The fraction of sp³-hybridized carbons (Fsp3) is 0.0526. The van der Waals surface area contributed by atoms with Crippen molar-refractivity contribution >= 4 is 51.8 Å². The number of rotatable bonds is 1. The van der Waals surface area contributed by atoms with Gasteiger partial charge in [-0.15, -0.1) is 0 Å². The van der Waals surface area contributed by atoms with Gasteiger partial charge in [-0.1, -0.05) is 35.9 Å². The number of carbonyl (C=O) groups excluding carboxylic acids is 1. The zero-order valence-electron chi connectivity index (χ0n) is 13.4. The van der Waals surface area contributed by atoms with Crippen molar-refractivity contribution in [3.63, 3.8) is 0 Å². The number of hydrogen-bond donors (Lipinski definition) is 0. The Bertz CT molecular complexity index is 1030. The highest BCUT2D eigenvalue weighted by atomic mass is 127. The number of amidine groups is 2. The third-order valence-electron chi connectivity index (χ3n) is 3.98. The Kier molecular flexibility index (Phi) is 4.69. The minimum absolute atomic E-state index is 0.132. The molecule has 0 radical (unpaired) electrons. The van der Waals surface area contributed by atoms with Crippen molar-refractivity contribution in [1.82, 2.24) is 9.88 Å². The summed E-state index contributed by atoms with van der Waals surface area (Å²) in [7, 11) is 0. The van der Waals surface area contributed by atoms with Gasteiger partial charge in [0.2, 0.25) is 0 Å². The number of aliphatic imine (C=N–C) groups is 2. The second-order valence-corrected chi connectivity index (χ2v) is 7.29. The first kappa shape index (κ1) is 17.1. The number of amides is 1. The molecule has 2 aromatic rings. The molecule has 3 heterocycles. The molecule has 0 unspecified atom stereocenters. The standard InChI is InChI=1S/C19H12ClIN4O/c20-17-15(6-3-9-22-17)19(26)24-18-14-5-2-1-4-12(14)10-25-11-13(21)7-8-16(25)23-18/h1-9,11H,10H2. The maximum Gasteiger partial charge on any atom is 0.282 e. The Morgan fingerprint density at radius 1 is 1.19 bits per heavy atom. The normalized spacial score (nSPS) is 17.2. The summed E-state index contributed by atoms with van der Waals surface area (Å²) in [5, 5.41) is 0.132. The summed E-state index contributed by atoms with van der Waals surface area (Å²) in [5.41, 5.74) is 2.14. The lowest BCUT2D eigenvalue weighted by molar-refractivity contribution is 0.100. The predicted octanol–water partition coefficient (Wildman–Crippen LogP) is 4.38. The van der Waals surface area contributed by atoms with E-state index in [9.17, 15) is 4.79 Å². The van der Waals surface area contributed by atoms with Crippen LogP contribution in [0.25, 0.3) is 0 Å². The average Bonchev–Trinajstić information content (AvgIpc) is 2.78. The molecule has 128 valence electrons. The zero-order valence-corrected chi connectivity index (χ0v) is 16.3. The Morgan fingerprint density at radius 2 is 2.04 bits per heavy atom. The monoisotopic (exact) mass is 474 g/mol. The van der Waals surface area contributed by atoms with Gasteiger partial charge >= 0.3 is 0 Å². The highest BCUT2D eigenvalue weighted by molar-refractivity contribution is 14.1. The number of nitrogens with zero attached hydrogens (tertiary/aromatic N) is 4. The number of fused-ring (bicyclic) bond motifs is 2. The van der Waals surface area contributed by atoms with Gasteiger partial charge in [-0.2, -0.15) is 4.99 Å². The van der Waals surface area contributed by atoms with E-state index >= 15 is 0 Å². The molecule has 4 rings (SSSR count). The Hall–Kier alpha value is -2.32. The van der Waals surface area contributed by atoms with Crippen LogP contribution in [0.1, 0.15) is 21.5 Å². The summed E-state index contributed by atoms with van der Waals surface area (Å²) in [4.78, 5) is 27.5. The summed E-state index contributed by atoms with van der Waals surface area (Å²) in [6.45, 7) is 0.659. The first-order valence-corrected chi connectivity index (χ1v) is 9.30. The largest absolute Gasteiger partial charge is 0.327 e. The topological polar surface area (TPSA) is 57.9 Å². The number of aromatic nitrogens is 1. The molecule has 2 aliphatic heterocycles. The van der Waals surface area contributed by atoms with Gasteiger partial charge in [-0.3, -0.25) is 4.79 Å². The van der Waals surface area contributed by atoms with Crippen molar-refractivity contribution in [2.45, 2.75) is 6.54 Å². The lowest BCUT2D eigenvalue weighted by atomic mass is 10.1. The highest BCUT2D eigenvalue weighted by Crippen LogP contribution is 2.24. The van der Waals surface area contributed by atoms with Crippen LogP contribution in [0.5, 0.6) is 0 Å². The summed E-state index contributed by atoms with van der Waals surface area (Å²) in [6.07, 6.45) is 7.46. The lowest BCUT2D eigenvalue weighted by Gasteiger charge is -2.21. The van der Waals surface area contributed by atoms with Crippen molar-refractivity contribution < 1.29 is 4.79 Å². The number of halogens is 2. The van der Waals surface area contributed by atoms with Crippen LogP contribution in [-0.2, 0) is 6.54 Å². The quantitative estimate of drug-likeness (QED) is 0.455. The van der Waals surface area contributed by atoms with E-state index < -0.39 is 5.91 Å². The number of carbonyl (C=O) groups is 1. The van der Waals surface area contributed by atoms with Crippen LogP contribution in [0.2, 0.25) is 5.15 Å². The van der Waals surface area contributed by atoms with E-state index in [1.54, 1.807) is 12.1 Å². The second kappa shape index (κ2) is 7.13.